The average molecular weight is 403 g/mol. The van der Waals surface area contributed by atoms with E-state index in [4.69, 9.17) is 9.47 Å². The maximum Gasteiger partial charge on any atom is 0.284 e. The molecule has 6 nitrogen and oxygen atoms in total. The monoisotopic (exact) mass is 403 g/mol. The van der Waals surface area contributed by atoms with Gasteiger partial charge in [-0.2, -0.15) is 5.10 Å². The molecule has 1 aliphatic heterocycles. The topological polar surface area (TPSA) is 64.9 Å². The fourth-order valence-electron chi connectivity index (χ4n) is 3.57. The van der Waals surface area contributed by atoms with Gasteiger partial charge in [-0.05, 0) is 69.2 Å². The van der Waals surface area contributed by atoms with Crippen LogP contribution in [0.3, 0.4) is 0 Å². The largest absolute Gasteiger partial charge is 0.485 e. The van der Waals surface area contributed by atoms with E-state index in [1.54, 1.807) is 12.3 Å². The molecule has 0 saturated heterocycles. The predicted molar refractivity (Wildman–Crippen MR) is 117 cm³/mol. The lowest BCUT2D eigenvalue weighted by atomic mass is 10.1. The molecule has 0 aliphatic carbocycles. The summed E-state index contributed by atoms with van der Waals surface area (Å²) in [6, 6.07) is 15.8. The number of carbonyl (C=O) groups excluding carboxylic acids is 1. The summed E-state index contributed by atoms with van der Waals surface area (Å²) < 4.78 is 13.5. The van der Waals surface area contributed by atoms with Gasteiger partial charge in [0.05, 0.1) is 6.21 Å². The SMILES string of the molecule is Cc1ccc(-n2c(C)cc(/C=N/NC(=O)C3COc4ccccc4O3)c2C)cc1C. The highest BCUT2D eigenvalue weighted by Gasteiger charge is 2.27. The number of benzene rings is 2. The van der Waals surface area contributed by atoms with E-state index < -0.39 is 6.10 Å². The second kappa shape index (κ2) is 8.06. The number of aryl methyl sites for hydroxylation is 3. The first-order valence-corrected chi connectivity index (χ1v) is 9.92. The molecule has 1 amide bonds. The van der Waals surface area contributed by atoms with Crippen LogP contribution in [0.4, 0.5) is 0 Å². The number of hydrogen-bond acceptors (Lipinski definition) is 4. The molecule has 0 spiro atoms. The van der Waals surface area contributed by atoms with E-state index in [0.29, 0.717) is 11.5 Å². The van der Waals surface area contributed by atoms with Crippen molar-refractivity contribution in [1.29, 1.82) is 0 Å². The van der Waals surface area contributed by atoms with Crippen molar-refractivity contribution in [3.63, 3.8) is 0 Å². The molecule has 0 saturated carbocycles. The Morgan fingerprint density at radius 2 is 1.83 bits per heavy atom. The minimum absolute atomic E-state index is 0.152. The van der Waals surface area contributed by atoms with Gasteiger partial charge in [-0.25, -0.2) is 5.43 Å². The van der Waals surface area contributed by atoms with Crippen molar-refractivity contribution in [2.45, 2.75) is 33.8 Å². The minimum Gasteiger partial charge on any atom is -0.485 e. The fraction of sp³-hybridized carbons (Fsp3) is 0.250. The van der Waals surface area contributed by atoms with Crippen LogP contribution in [0, 0.1) is 27.7 Å². The van der Waals surface area contributed by atoms with Crippen LogP contribution < -0.4 is 14.9 Å². The maximum absolute atomic E-state index is 12.4. The lowest BCUT2D eigenvalue weighted by Crippen LogP contribution is -2.42. The number of nitrogens with one attached hydrogen (secondary N) is 1. The Morgan fingerprint density at radius 1 is 1.07 bits per heavy atom. The summed E-state index contributed by atoms with van der Waals surface area (Å²) in [5, 5.41) is 4.14. The van der Waals surface area contributed by atoms with Crippen LogP contribution in [-0.2, 0) is 4.79 Å². The van der Waals surface area contributed by atoms with Crippen LogP contribution in [-0.4, -0.2) is 29.4 Å². The summed E-state index contributed by atoms with van der Waals surface area (Å²) in [5.74, 6) is 0.859. The van der Waals surface area contributed by atoms with Gasteiger partial charge in [-0.1, -0.05) is 18.2 Å². The lowest BCUT2D eigenvalue weighted by Gasteiger charge is -2.24. The molecule has 1 aromatic heterocycles. The normalized spacial score (nSPS) is 15.4. The van der Waals surface area contributed by atoms with Gasteiger partial charge in [0.25, 0.3) is 5.91 Å². The molecule has 2 heterocycles. The number of fused-ring (bicyclic) bond motifs is 1. The number of hydrogen-bond donors (Lipinski definition) is 1. The molecule has 1 aliphatic rings. The van der Waals surface area contributed by atoms with Crippen LogP contribution in [0.2, 0.25) is 0 Å². The van der Waals surface area contributed by atoms with Crippen molar-refractivity contribution in [3.8, 4) is 17.2 Å². The highest BCUT2D eigenvalue weighted by molar-refractivity contribution is 5.86. The predicted octanol–water partition coefficient (Wildman–Crippen LogP) is 4.00. The molecule has 3 aromatic rings. The van der Waals surface area contributed by atoms with Crippen molar-refractivity contribution < 1.29 is 14.3 Å². The van der Waals surface area contributed by atoms with E-state index in [9.17, 15) is 4.79 Å². The first-order chi connectivity index (χ1) is 14.4. The second-order valence-electron chi connectivity index (χ2n) is 7.53. The van der Waals surface area contributed by atoms with E-state index in [2.05, 4.69) is 60.1 Å². The molecular formula is C24H25N3O3. The van der Waals surface area contributed by atoms with Crippen molar-refractivity contribution in [3.05, 3.63) is 76.6 Å². The molecule has 0 radical (unpaired) electrons. The molecule has 0 fully saturated rings. The van der Waals surface area contributed by atoms with Gasteiger partial charge in [-0.15, -0.1) is 0 Å². The third-order valence-electron chi connectivity index (χ3n) is 5.40. The van der Waals surface area contributed by atoms with Crippen molar-refractivity contribution in [2.75, 3.05) is 6.61 Å². The zero-order chi connectivity index (χ0) is 21.3. The molecule has 154 valence electrons. The van der Waals surface area contributed by atoms with Gasteiger partial charge in [0.1, 0.15) is 6.61 Å². The Labute approximate surface area is 176 Å². The molecule has 1 N–H and O–H groups in total. The number of para-hydroxylation sites is 2. The van der Waals surface area contributed by atoms with Gasteiger partial charge >= 0.3 is 0 Å². The van der Waals surface area contributed by atoms with Crippen LogP contribution in [0.25, 0.3) is 5.69 Å². The molecule has 2 aromatic carbocycles. The van der Waals surface area contributed by atoms with Crippen LogP contribution in [0.1, 0.15) is 28.1 Å². The Morgan fingerprint density at radius 3 is 2.60 bits per heavy atom. The van der Waals surface area contributed by atoms with Gasteiger partial charge in [0.2, 0.25) is 6.10 Å². The zero-order valence-corrected chi connectivity index (χ0v) is 17.6. The zero-order valence-electron chi connectivity index (χ0n) is 17.6. The van der Waals surface area contributed by atoms with E-state index in [1.165, 1.54) is 11.1 Å². The van der Waals surface area contributed by atoms with Crippen LogP contribution in [0.5, 0.6) is 11.5 Å². The second-order valence-corrected chi connectivity index (χ2v) is 7.53. The van der Waals surface area contributed by atoms with Crippen molar-refractivity contribution >= 4 is 12.1 Å². The minimum atomic E-state index is -0.736. The summed E-state index contributed by atoms with van der Waals surface area (Å²) >= 11 is 0. The van der Waals surface area contributed by atoms with Gasteiger partial charge in [0, 0.05) is 22.6 Å². The van der Waals surface area contributed by atoms with E-state index in [0.717, 1.165) is 22.6 Å². The van der Waals surface area contributed by atoms with Gasteiger partial charge in [0.15, 0.2) is 11.5 Å². The quantitative estimate of drug-likeness (QED) is 0.529. The number of aromatic nitrogens is 1. The number of rotatable bonds is 4. The van der Waals surface area contributed by atoms with Gasteiger partial charge in [-0.3, -0.25) is 4.79 Å². The molecule has 1 unspecified atom stereocenters. The summed E-state index contributed by atoms with van der Waals surface area (Å²) in [7, 11) is 0. The highest BCUT2D eigenvalue weighted by atomic mass is 16.6. The summed E-state index contributed by atoms with van der Waals surface area (Å²) in [4.78, 5) is 12.4. The first-order valence-electron chi connectivity index (χ1n) is 9.92. The molecule has 30 heavy (non-hydrogen) atoms. The number of amides is 1. The standard InChI is InChI=1S/C24H25N3O3/c1-15-9-10-20(11-16(15)2)27-17(3)12-19(18(27)4)13-25-26-24(28)23-14-29-21-7-5-6-8-22(21)30-23/h5-13,23H,14H2,1-4H3,(H,26,28)/b25-13+. The molecule has 1 atom stereocenters. The molecular weight excluding hydrogens is 378 g/mol. The lowest BCUT2D eigenvalue weighted by molar-refractivity contribution is -0.130. The van der Waals surface area contributed by atoms with E-state index >= 15 is 0 Å². The Hall–Kier alpha value is -3.54. The number of hydrazone groups is 1. The van der Waals surface area contributed by atoms with Crippen molar-refractivity contribution in [2.24, 2.45) is 5.10 Å². The van der Waals surface area contributed by atoms with Crippen LogP contribution in [0.15, 0.2) is 53.6 Å². The average Bonchev–Trinajstić information content (AvgIpc) is 3.03. The molecule has 4 rings (SSSR count). The summed E-state index contributed by atoms with van der Waals surface area (Å²) in [6.45, 7) is 8.47. The third-order valence-corrected chi connectivity index (χ3v) is 5.40. The molecule has 6 heteroatoms. The number of ether oxygens (including phenoxy) is 2. The highest BCUT2D eigenvalue weighted by Crippen LogP contribution is 2.30. The Kier molecular flexibility index (Phi) is 5.31. The summed E-state index contributed by atoms with van der Waals surface area (Å²) in [6.07, 6.45) is 0.926. The van der Waals surface area contributed by atoms with Gasteiger partial charge < -0.3 is 14.0 Å². The van der Waals surface area contributed by atoms with Crippen LogP contribution >= 0.6 is 0 Å². The smallest absolute Gasteiger partial charge is 0.284 e. The Balaban J connectivity index is 1.46. The van der Waals surface area contributed by atoms with E-state index in [-0.39, 0.29) is 12.5 Å². The molecule has 0 bridgehead atoms. The summed E-state index contributed by atoms with van der Waals surface area (Å²) in [5.41, 5.74) is 9.29. The third kappa shape index (κ3) is 3.81. The van der Waals surface area contributed by atoms with Crippen molar-refractivity contribution in [1.82, 2.24) is 9.99 Å². The van der Waals surface area contributed by atoms with E-state index in [1.807, 2.05) is 25.1 Å². The fourth-order valence-corrected chi connectivity index (χ4v) is 3.57. The number of nitrogens with zero attached hydrogens (tertiary/aromatic N) is 2. The maximum atomic E-state index is 12.4. The Bertz CT molecular complexity index is 1130. The first kappa shape index (κ1) is 19.8. The number of carbonyl (C=O) groups is 1.